The minimum absolute atomic E-state index is 0.107. The van der Waals surface area contributed by atoms with E-state index in [1.54, 1.807) is 55.6 Å². The molecule has 0 spiro atoms. The zero-order chi connectivity index (χ0) is 23.8. The highest BCUT2D eigenvalue weighted by Gasteiger charge is 2.16. The van der Waals surface area contributed by atoms with Crippen molar-refractivity contribution in [3.8, 4) is 5.75 Å². The molecule has 0 aliphatic rings. The number of halogens is 1. The van der Waals surface area contributed by atoms with Crippen LogP contribution in [0.1, 0.15) is 16.8 Å². The molecule has 0 aliphatic carbocycles. The van der Waals surface area contributed by atoms with Gasteiger partial charge in [0.25, 0.3) is 5.91 Å². The molecule has 33 heavy (non-hydrogen) atoms. The van der Waals surface area contributed by atoms with Crippen molar-refractivity contribution in [1.29, 1.82) is 0 Å². The van der Waals surface area contributed by atoms with Gasteiger partial charge in [-0.15, -0.1) is 0 Å². The molecule has 0 fully saturated rings. The lowest BCUT2D eigenvalue weighted by Gasteiger charge is -2.12. The largest absolute Gasteiger partial charge is 0.497 e. The number of amides is 2. The van der Waals surface area contributed by atoms with E-state index in [4.69, 9.17) is 4.74 Å². The zero-order valence-electron chi connectivity index (χ0n) is 17.7. The SMILES string of the molecule is COc1ccc(NC(=O)c2ccccc2NC(=O)CCNS(=O)(=O)c2ccc(F)cc2)cc1. The van der Waals surface area contributed by atoms with Gasteiger partial charge in [0, 0.05) is 18.7 Å². The summed E-state index contributed by atoms with van der Waals surface area (Å²) in [6.07, 6.45) is -0.172. The molecule has 0 aliphatic heterocycles. The Morgan fingerprint density at radius 1 is 0.909 bits per heavy atom. The number of rotatable bonds is 9. The van der Waals surface area contributed by atoms with E-state index in [1.807, 2.05) is 0 Å². The van der Waals surface area contributed by atoms with Gasteiger partial charge < -0.3 is 15.4 Å². The molecule has 3 rings (SSSR count). The topological polar surface area (TPSA) is 114 Å². The molecule has 0 heterocycles. The molecule has 172 valence electrons. The summed E-state index contributed by atoms with van der Waals surface area (Å²) in [6.45, 7) is -0.175. The lowest BCUT2D eigenvalue weighted by atomic mass is 10.1. The van der Waals surface area contributed by atoms with Crippen LogP contribution in [0.3, 0.4) is 0 Å². The Balaban J connectivity index is 1.58. The molecule has 0 unspecified atom stereocenters. The second kappa shape index (κ2) is 10.7. The molecule has 3 aromatic rings. The van der Waals surface area contributed by atoms with Crippen molar-refractivity contribution in [1.82, 2.24) is 4.72 Å². The van der Waals surface area contributed by atoms with Crippen molar-refractivity contribution < 1.29 is 27.1 Å². The number of hydrogen-bond acceptors (Lipinski definition) is 5. The quantitative estimate of drug-likeness (QED) is 0.443. The summed E-state index contributed by atoms with van der Waals surface area (Å²) in [5.41, 5.74) is 1.08. The first-order chi connectivity index (χ1) is 15.8. The van der Waals surface area contributed by atoms with Gasteiger partial charge in [0.15, 0.2) is 0 Å². The summed E-state index contributed by atoms with van der Waals surface area (Å²) >= 11 is 0. The Labute approximate surface area is 190 Å². The number of para-hydroxylation sites is 1. The van der Waals surface area contributed by atoms with Gasteiger partial charge in [-0.3, -0.25) is 9.59 Å². The van der Waals surface area contributed by atoms with Gasteiger partial charge in [0.05, 0.1) is 23.3 Å². The molecule has 0 bridgehead atoms. The predicted molar refractivity (Wildman–Crippen MR) is 122 cm³/mol. The molecule has 3 N–H and O–H groups in total. The van der Waals surface area contributed by atoms with Crippen LogP contribution in [-0.4, -0.2) is 33.9 Å². The van der Waals surface area contributed by atoms with Crippen molar-refractivity contribution in [3.05, 3.63) is 84.2 Å². The van der Waals surface area contributed by atoms with E-state index in [1.165, 1.54) is 0 Å². The standard InChI is InChI=1S/C23H22FN3O5S/c1-32-18-10-8-17(9-11-18)26-23(29)20-4-2-3-5-21(20)27-22(28)14-15-25-33(30,31)19-12-6-16(24)7-13-19/h2-13,25H,14-15H2,1H3,(H,26,29)(H,27,28). The van der Waals surface area contributed by atoms with Crippen molar-refractivity contribution >= 4 is 33.2 Å². The lowest BCUT2D eigenvalue weighted by Crippen LogP contribution is -2.28. The first kappa shape index (κ1) is 23.9. The van der Waals surface area contributed by atoms with E-state index in [0.717, 1.165) is 24.3 Å². The number of nitrogens with one attached hydrogen (secondary N) is 3. The van der Waals surface area contributed by atoms with E-state index in [9.17, 15) is 22.4 Å². The average Bonchev–Trinajstić information content (AvgIpc) is 2.80. The van der Waals surface area contributed by atoms with Crippen LogP contribution in [0.4, 0.5) is 15.8 Å². The third-order valence-electron chi connectivity index (χ3n) is 4.56. The Kier molecular flexibility index (Phi) is 7.75. The Bertz CT molecular complexity index is 1230. The average molecular weight is 472 g/mol. The zero-order valence-corrected chi connectivity index (χ0v) is 18.5. The van der Waals surface area contributed by atoms with Crippen LogP contribution in [0.15, 0.2) is 77.7 Å². The van der Waals surface area contributed by atoms with Gasteiger partial charge in [-0.05, 0) is 60.7 Å². The Hall–Kier alpha value is -3.76. The molecule has 0 radical (unpaired) electrons. The fourth-order valence-electron chi connectivity index (χ4n) is 2.87. The minimum Gasteiger partial charge on any atom is -0.497 e. The van der Waals surface area contributed by atoms with Gasteiger partial charge in [0.1, 0.15) is 11.6 Å². The van der Waals surface area contributed by atoms with Gasteiger partial charge in [0.2, 0.25) is 15.9 Å². The summed E-state index contributed by atoms with van der Waals surface area (Å²) in [5.74, 6) is -0.812. The molecule has 3 aromatic carbocycles. The highest BCUT2D eigenvalue weighted by Crippen LogP contribution is 2.20. The molecular formula is C23H22FN3O5S. The maximum Gasteiger partial charge on any atom is 0.257 e. The Morgan fingerprint density at radius 2 is 1.58 bits per heavy atom. The first-order valence-electron chi connectivity index (χ1n) is 9.88. The van der Waals surface area contributed by atoms with Gasteiger partial charge in [-0.2, -0.15) is 0 Å². The monoisotopic (exact) mass is 471 g/mol. The second-order valence-electron chi connectivity index (χ2n) is 6.88. The second-order valence-corrected chi connectivity index (χ2v) is 8.65. The highest BCUT2D eigenvalue weighted by atomic mass is 32.2. The fourth-order valence-corrected chi connectivity index (χ4v) is 3.90. The van der Waals surface area contributed by atoms with Crippen LogP contribution in [0.25, 0.3) is 0 Å². The number of hydrogen-bond donors (Lipinski definition) is 3. The normalized spacial score (nSPS) is 11.0. The van der Waals surface area contributed by atoms with Crippen LogP contribution in [0.2, 0.25) is 0 Å². The van der Waals surface area contributed by atoms with Crippen molar-refractivity contribution in [2.45, 2.75) is 11.3 Å². The summed E-state index contributed by atoms with van der Waals surface area (Å²) in [5, 5.41) is 5.37. The van der Waals surface area contributed by atoms with Gasteiger partial charge >= 0.3 is 0 Å². The number of methoxy groups -OCH3 is 1. The number of sulfonamides is 1. The lowest BCUT2D eigenvalue weighted by molar-refractivity contribution is -0.116. The summed E-state index contributed by atoms with van der Waals surface area (Å²) in [6, 6.07) is 17.6. The van der Waals surface area contributed by atoms with Crippen LogP contribution in [-0.2, 0) is 14.8 Å². The number of benzene rings is 3. The van der Waals surface area contributed by atoms with Crippen LogP contribution >= 0.6 is 0 Å². The molecule has 0 atom stereocenters. The Morgan fingerprint density at radius 3 is 2.24 bits per heavy atom. The van der Waals surface area contributed by atoms with E-state index in [-0.39, 0.29) is 29.1 Å². The minimum atomic E-state index is -3.88. The van der Waals surface area contributed by atoms with E-state index >= 15 is 0 Å². The third-order valence-corrected chi connectivity index (χ3v) is 6.04. The number of carbonyl (C=O) groups is 2. The smallest absolute Gasteiger partial charge is 0.257 e. The third kappa shape index (κ3) is 6.61. The molecule has 0 aromatic heterocycles. The predicted octanol–water partition coefficient (Wildman–Crippen LogP) is 3.39. The van der Waals surface area contributed by atoms with Crippen molar-refractivity contribution in [2.24, 2.45) is 0 Å². The molecule has 8 nitrogen and oxygen atoms in total. The van der Waals surface area contributed by atoms with Gasteiger partial charge in [-0.25, -0.2) is 17.5 Å². The highest BCUT2D eigenvalue weighted by molar-refractivity contribution is 7.89. The maximum atomic E-state index is 13.0. The van der Waals surface area contributed by atoms with Crippen LogP contribution in [0, 0.1) is 5.82 Å². The van der Waals surface area contributed by atoms with Crippen molar-refractivity contribution in [3.63, 3.8) is 0 Å². The molecular weight excluding hydrogens is 449 g/mol. The summed E-state index contributed by atoms with van der Waals surface area (Å²) in [7, 11) is -2.33. The number of carbonyl (C=O) groups excluding carboxylic acids is 2. The maximum absolute atomic E-state index is 13.0. The summed E-state index contributed by atoms with van der Waals surface area (Å²) in [4.78, 5) is 24.9. The van der Waals surface area contributed by atoms with Crippen molar-refractivity contribution in [2.75, 3.05) is 24.3 Å². The van der Waals surface area contributed by atoms with E-state index < -0.39 is 27.7 Å². The first-order valence-corrected chi connectivity index (χ1v) is 11.4. The van der Waals surface area contributed by atoms with E-state index in [2.05, 4.69) is 15.4 Å². The molecule has 10 heteroatoms. The molecule has 0 saturated carbocycles. The number of ether oxygens (including phenoxy) is 1. The molecule has 0 saturated heterocycles. The fraction of sp³-hybridized carbons (Fsp3) is 0.130. The summed E-state index contributed by atoms with van der Waals surface area (Å²) < 4.78 is 44.8. The molecule has 2 amide bonds. The van der Waals surface area contributed by atoms with E-state index in [0.29, 0.717) is 11.4 Å². The van der Waals surface area contributed by atoms with Gasteiger partial charge in [-0.1, -0.05) is 12.1 Å². The van der Waals surface area contributed by atoms with Crippen LogP contribution in [0.5, 0.6) is 5.75 Å². The van der Waals surface area contributed by atoms with Crippen LogP contribution < -0.4 is 20.1 Å². The number of anilines is 2.